The number of hydrogen-bond donors (Lipinski definition) is 0. The molecule has 2 rings (SSSR count). The molecule has 0 radical (unpaired) electrons. The number of halogens is 3. The van der Waals surface area contributed by atoms with Crippen LogP contribution < -0.4 is 5.01 Å². The van der Waals surface area contributed by atoms with Crippen molar-refractivity contribution >= 4 is 23.5 Å². The van der Waals surface area contributed by atoms with Crippen molar-refractivity contribution in [2.45, 2.75) is 12.6 Å². The van der Waals surface area contributed by atoms with Crippen LogP contribution in [0, 0.1) is 0 Å². The molecule has 0 aliphatic heterocycles. The first-order valence-electron chi connectivity index (χ1n) is 7.79. The highest BCUT2D eigenvalue weighted by Crippen LogP contribution is 2.25. The Morgan fingerprint density at radius 3 is 1.96 bits per heavy atom. The van der Waals surface area contributed by atoms with Gasteiger partial charge in [0.05, 0.1) is 25.0 Å². The van der Waals surface area contributed by atoms with Gasteiger partial charge in [0.25, 0.3) is 0 Å². The number of carbonyl (C=O) groups is 1. The maximum absolute atomic E-state index is 12.5. The van der Waals surface area contributed by atoms with E-state index in [9.17, 15) is 18.0 Å². The lowest BCUT2D eigenvalue weighted by Crippen LogP contribution is -2.41. The molecule has 0 aromatic heterocycles. The molecule has 0 aliphatic rings. The van der Waals surface area contributed by atoms with Gasteiger partial charge in [-0.15, -0.1) is 0 Å². The van der Waals surface area contributed by atoms with E-state index in [1.165, 1.54) is 6.21 Å². The van der Waals surface area contributed by atoms with Crippen molar-refractivity contribution in [3.05, 3.63) is 60.7 Å². The molecule has 0 N–H and O–H groups in total. The van der Waals surface area contributed by atoms with E-state index in [1.807, 2.05) is 60.7 Å². The smallest absolute Gasteiger partial charge is 0.274 e. The minimum absolute atomic E-state index is 0.0891. The molecule has 2 aromatic rings. The lowest BCUT2D eigenvalue weighted by molar-refractivity contribution is -0.222. The molecule has 0 saturated carbocycles. The van der Waals surface area contributed by atoms with Crippen LogP contribution in [0.1, 0.15) is 6.42 Å². The van der Waals surface area contributed by atoms with Gasteiger partial charge < -0.3 is 0 Å². The van der Waals surface area contributed by atoms with Crippen LogP contribution in [0.15, 0.2) is 65.8 Å². The summed E-state index contributed by atoms with van der Waals surface area (Å²) in [5, 5.41) is 6.25. The second kappa shape index (κ2) is 9.00. The molecule has 0 heterocycles. The molecule has 0 spiro atoms. The largest absolute Gasteiger partial charge is 0.473 e. The Hall–Kier alpha value is -2.87. The standard InChI is InChI=1S/C18H18F3N3O2/c1-26-23(17(25)18(19,20)21)14-8-13-22-24(15-9-4-2-5-10-15)16-11-6-3-7-12-16/h2-7,9-13H,8,14H2,1H3/b22-13+. The van der Waals surface area contributed by atoms with Gasteiger partial charge in [0.2, 0.25) is 0 Å². The second-order valence-corrected chi connectivity index (χ2v) is 5.16. The first-order chi connectivity index (χ1) is 12.4. The van der Waals surface area contributed by atoms with Gasteiger partial charge in [0.1, 0.15) is 0 Å². The van der Waals surface area contributed by atoms with Gasteiger partial charge in [-0.25, -0.2) is 10.1 Å². The molecule has 0 aliphatic carbocycles. The Kier molecular flexibility index (Phi) is 6.74. The number of anilines is 2. The van der Waals surface area contributed by atoms with E-state index in [1.54, 1.807) is 5.01 Å². The fraction of sp³-hybridized carbons (Fsp3) is 0.222. The molecule has 0 unspecified atom stereocenters. The highest BCUT2D eigenvalue weighted by Gasteiger charge is 2.42. The molecule has 0 saturated heterocycles. The molecule has 0 bridgehead atoms. The fourth-order valence-electron chi connectivity index (χ4n) is 2.15. The molecule has 8 heteroatoms. The Morgan fingerprint density at radius 1 is 1.04 bits per heavy atom. The Labute approximate surface area is 149 Å². The van der Waals surface area contributed by atoms with E-state index in [0.717, 1.165) is 18.5 Å². The molecule has 0 fully saturated rings. The van der Waals surface area contributed by atoms with Crippen molar-refractivity contribution < 1.29 is 22.8 Å². The number of nitrogens with zero attached hydrogens (tertiary/aromatic N) is 3. The van der Waals surface area contributed by atoms with Crippen LogP contribution in [-0.4, -0.2) is 37.0 Å². The topological polar surface area (TPSA) is 45.1 Å². The summed E-state index contributed by atoms with van der Waals surface area (Å²) in [6.45, 7) is -0.268. The lowest BCUT2D eigenvalue weighted by Gasteiger charge is -2.21. The zero-order valence-electron chi connectivity index (χ0n) is 14.1. The summed E-state index contributed by atoms with van der Waals surface area (Å²) in [5.74, 6) is -2.05. The minimum atomic E-state index is -4.98. The number of hydroxylamine groups is 2. The lowest BCUT2D eigenvalue weighted by atomic mass is 10.2. The van der Waals surface area contributed by atoms with Gasteiger partial charge >= 0.3 is 12.1 Å². The van der Waals surface area contributed by atoms with Crippen LogP contribution in [0.5, 0.6) is 0 Å². The van der Waals surface area contributed by atoms with E-state index in [4.69, 9.17) is 0 Å². The summed E-state index contributed by atoms with van der Waals surface area (Å²) in [4.78, 5) is 15.7. The van der Waals surface area contributed by atoms with E-state index in [2.05, 4.69) is 9.94 Å². The maximum Gasteiger partial charge on any atom is 0.473 e. The van der Waals surface area contributed by atoms with Crippen molar-refractivity contribution in [1.29, 1.82) is 0 Å². The van der Waals surface area contributed by atoms with E-state index >= 15 is 0 Å². The zero-order chi connectivity index (χ0) is 19.0. The molecule has 138 valence electrons. The molecular formula is C18H18F3N3O2. The molecular weight excluding hydrogens is 347 g/mol. The van der Waals surface area contributed by atoms with Gasteiger partial charge in [0.15, 0.2) is 0 Å². The zero-order valence-corrected chi connectivity index (χ0v) is 14.1. The van der Waals surface area contributed by atoms with Crippen LogP contribution in [0.2, 0.25) is 0 Å². The molecule has 2 aromatic carbocycles. The SMILES string of the molecule is CON(CC/C=N/N(c1ccccc1)c1ccccc1)C(=O)C(F)(F)F. The summed E-state index contributed by atoms with van der Waals surface area (Å²) in [6, 6.07) is 18.6. The Bertz CT molecular complexity index is 682. The van der Waals surface area contributed by atoms with Gasteiger partial charge in [-0.3, -0.25) is 9.63 Å². The maximum atomic E-state index is 12.5. The molecule has 0 atom stereocenters. The van der Waals surface area contributed by atoms with Gasteiger partial charge in [-0.05, 0) is 24.3 Å². The van der Waals surface area contributed by atoms with Crippen LogP contribution in [0.3, 0.4) is 0 Å². The fourth-order valence-corrected chi connectivity index (χ4v) is 2.15. The molecule has 26 heavy (non-hydrogen) atoms. The molecule has 5 nitrogen and oxygen atoms in total. The van der Waals surface area contributed by atoms with Crippen LogP contribution in [0.25, 0.3) is 0 Å². The Morgan fingerprint density at radius 2 is 1.54 bits per heavy atom. The van der Waals surface area contributed by atoms with E-state index in [-0.39, 0.29) is 18.0 Å². The van der Waals surface area contributed by atoms with Crippen LogP contribution in [-0.2, 0) is 9.63 Å². The average Bonchev–Trinajstić information content (AvgIpc) is 2.65. The number of carbonyl (C=O) groups excluding carboxylic acids is 1. The third-order valence-electron chi connectivity index (χ3n) is 3.35. The highest BCUT2D eigenvalue weighted by molar-refractivity contribution is 5.81. The predicted molar refractivity (Wildman–Crippen MR) is 92.9 cm³/mol. The predicted octanol–water partition coefficient (Wildman–Crippen LogP) is 4.15. The van der Waals surface area contributed by atoms with Gasteiger partial charge in [0, 0.05) is 12.6 Å². The van der Waals surface area contributed by atoms with Crippen molar-refractivity contribution in [3.63, 3.8) is 0 Å². The number of benzene rings is 2. The van der Waals surface area contributed by atoms with Crippen molar-refractivity contribution in [1.82, 2.24) is 5.06 Å². The first-order valence-corrected chi connectivity index (χ1v) is 7.79. The van der Waals surface area contributed by atoms with Crippen molar-refractivity contribution in [2.24, 2.45) is 5.10 Å². The summed E-state index contributed by atoms with van der Waals surface area (Å²) in [7, 11) is 1.01. The monoisotopic (exact) mass is 365 g/mol. The van der Waals surface area contributed by atoms with Crippen molar-refractivity contribution in [2.75, 3.05) is 18.7 Å². The quantitative estimate of drug-likeness (QED) is 0.547. The number of hydrogen-bond acceptors (Lipinski definition) is 4. The second-order valence-electron chi connectivity index (χ2n) is 5.16. The van der Waals surface area contributed by atoms with Crippen molar-refractivity contribution in [3.8, 4) is 0 Å². The van der Waals surface area contributed by atoms with E-state index < -0.39 is 12.1 Å². The van der Waals surface area contributed by atoms with E-state index in [0.29, 0.717) is 0 Å². The van der Waals surface area contributed by atoms with Gasteiger partial charge in [-0.1, -0.05) is 36.4 Å². The van der Waals surface area contributed by atoms with Crippen LogP contribution >= 0.6 is 0 Å². The first kappa shape index (κ1) is 19.5. The number of alkyl halides is 3. The highest BCUT2D eigenvalue weighted by atomic mass is 19.4. The summed E-state index contributed by atoms with van der Waals surface area (Å²) >= 11 is 0. The molecule has 1 amide bonds. The summed E-state index contributed by atoms with van der Waals surface area (Å²) < 4.78 is 37.4. The van der Waals surface area contributed by atoms with Gasteiger partial charge in [-0.2, -0.15) is 18.3 Å². The number of para-hydroxylation sites is 2. The summed E-state index contributed by atoms with van der Waals surface area (Å²) in [6.07, 6.45) is -3.45. The Balaban J connectivity index is 2.08. The third kappa shape index (κ3) is 5.32. The normalized spacial score (nSPS) is 11.5. The summed E-state index contributed by atoms with van der Waals surface area (Å²) in [5.41, 5.74) is 1.59. The van der Waals surface area contributed by atoms with Crippen LogP contribution in [0.4, 0.5) is 24.5 Å². The average molecular weight is 365 g/mol. The number of hydrazone groups is 1. The third-order valence-corrected chi connectivity index (χ3v) is 3.35. The minimum Gasteiger partial charge on any atom is -0.274 e. The number of amides is 1. The number of rotatable bonds is 7.